The van der Waals surface area contributed by atoms with Gasteiger partial charge in [0.15, 0.2) is 5.65 Å². The maximum atomic E-state index is 5.42. The standard InChI is InChI=1S/C13H17N3O/c1-2-16-12(10-5-8-17-9-6-10)15-11-4-3-7-14-13(11)16/h3-4,7,10H,2,5-6,8-9H2,1H3. The van der Waals surface area contributed by atoms with E-state index in [1.54, 1.807) is 0 Å². The number of fused-ring (bicyclic) bond motifs is 1. The van der Waals surface area contributed by atoms with Gasteiger partial charge in [0.1, 0.15) is 11.3 Å². The predicted octanol–water partition coefficient (Wildman–Crippen LogP) is 2.35. The molecule has 2 aromatic rings. The van der Waals surface area contributed by atoms with E-state index in [2.05, 4.69) is 16.5 Å². The third-order valence-corrected chi connectivity index (χ3v) is 3.44. The van der Waals surface area contributed by atoms with Crippen molar-refractivity contribution in [3.8, 4) is 0 Å². The van der Waals surface area contributed by atoms with E-state index in [4.69, 9.17) is 9.72 Å². The first-order valence-corrected chi connectivity index (χ1v) is 6.29. The van der Waals surface area contributed by atoms with Crippen molar-refractivity contribution in [1.82, 2.24) is 14.5 Å². The van der Waals surface area contributed by atoms with E-state index < -0.39 is 0 Å². The molecule has 1 aliphatic rings. The normalized spacial score (nSPS) is 17.7. The average Bonchev–Trinajstić information content (AvgIpc) is 2.78. The Labute approximate surface area is 101 Å². The summed E-state index contributed by atoms with van der Waals surface area (Å²) in [6.07, 6.45) is 3.98. The highest BCUT2D eigenvalue weighted by atomic mass is 16.5. The number of imidazole rings is 1. The molecule has 0 atom stereocenters. The Morgan fingerprint density at radius 1 is 1.41 bits per heavy atom. The van der Waals surface area contributed by atoms with Gasteiger partial charge in [-0.25, -0.2) is 9.97 Å². The van der Waals surface area contributed by atoms with Crippen molar-refractivity contribution in [3.63, 3.8) is 0 Å². The zero-order valence-electron chi connectivity index (χ0n) is 10.1. The average molecular weight is 231 g/mol. The number of ether oxygens (including phenoxy) is 1. The van der Waals surface area contributed by atoms with Crippen molar-refractivity contribution in [3.05, 3.63) is 24.2 Å². The highest BCUT2D eigenvalue weighted by Gasteiger charge is 2.22. The summed E-state index contributed by atoms with van der Waals surface area (Å²) in [4.78, 5) is 9.19. The van der Waals surface area contributed by atoms with Gasteiger partial charge in [-0.15, -0.1) is 0 Å². The number of pyridine rings is 1. The molecule has 0 aromatic carbocycles. The molecule has 0 amide bonds. The van der Waals surface area contributed by atoms with E-state index in [0.29, 0.717) is 5.92 Å². The largest absolute Gasteiger partial charge is 0.381 e. The summed E-state index contributed by atoms with van der Waals surface area (Å²) in [7, 11) is 0. The molecule has 1 aliphatic heterocycles. The van der Waals surface area contributed by atoms with Crippen LogP contribution in [0.1, 0.15) is 31.5 Å². The molecule has 3 heterocycles. The second kappa shape index (κ2) is 4.45. The smallest absolute Gasteiger partial charge is 0.159 e. The minimum Gasteiger partial charge on any atom is -0.381 e. The molecule has 0 saturated carbocycles. The first-order chi connectivity index (χ1) is 8.40. The highest BCUT2D eigenvalue weighted by molar-refractivity contribution is 5.71. The number of hydrogen-bond acceptors (Lipinski definition) is 3. The molecule has 0 N–H and O–H groups in total. The van der Waals surface area contributed by atoms with Crippen molar-refractivity contribution < 1.29 is 4.74 Å². The van der Waals surface area contributed by atoms with E-state index >= 15 is 0 Å². The van der Waals surface area contributed by atoms with Crippen LogP contribution in [-0.4, -0.2) is 27.7 Å². The van der Waals surface area contributed by atoms with Gasteiger partial charge in [-0.3, -0.25) is 0 Å². The third-order valence-electron chi connectivity index (χ3n) is 3.44. The van der Waals surface area contributed by atoms with Crippen LogP contribution in [0.3, 0.4) is 0 Å². The second-order valence-corrected chi connectivity index (χ2v) is 4.45. The SMILES string of the molecule is CCn1c(C2CCOCC2)nc2cccnc21. The predicted molar refractivity (Wildman–Crippen MR) is 66.0 cm³/mol. The van der Waals surface area contributed by atoms with Crippen LogP contribution < -0.4 is 0 Å². The Morgan fingerprint density at radius 2 is 2.24 bits per heavy atom. The number of rotatable bonds is 2. The van der Waals surface area contributed by atoms with E-state index in [0.717, 1.165) is 43.8 Å². The monoisotopic (exact) mass is 231 g/mol. The van der Waals surface area contributed by atoms with Crippen molar-refractivity contribution in [2.24, 2.45) is 0 Å². The Hall–Kier alpha value is -1.42. The Kier molecular flexibility index (Phi) is 2.81. The molecule has 0 bridgehead atoms. The summed E-state index contributed by atoms with van der Waals surface area (Å²) in [6, 6.07) is 3.99. The van der Waals surface area contributed by atoms with Gasteiger partial charge in [-0.1, -0.05) is 0 Å². The molecule has 17 heavy (non-hydrogen) atoms. The van der Waals surface area contributed by atoms with Gasteiger partial charge in [0.2, 0.25) is 0 Å². The Bertz CT molecular complexity index is 514. The lowest BCUT2D eigenvalue weighted by Crippen LogP contribution is -2.18. The van der Waals surface area contributed by atoms with Crippen LogP contribution in [0.2, 0.25) is 0 Å². The molecule has 90 valence electrons. The zero-order chi connectivity index (χ0) is 11.7. The number of aromatic nitrogens is 3. The summed E-state index contributed by atoms with van der Waals surface area (Å²) in [5.74, 6) is 1.71. The van der Waals surface area contributed by atoms with Crippen LogP contribution in [0.25, 0.3) is 11.2 Å². The van der Waals surface area contributed by atoms with E-state index in [-0.39, 0.29) is 0 Å². The third kappa shape index (κ3) is 1.82. The molecule has 0 unspecified atom stereocenters. The van der Waals surface area contributed by atoms with Gasteiger partial charge >= 0.3 is 0 Å². The first-order valence-electron chi connectivity index (χ1n) is 6.29. The molecular formula is C13H17N3O. The molecule has 0 aliphatic carbocycles. The van der Waals surface area contributed by atoms with Crippen molar-refractivity contribution in [2.45, 2.75) is 32.2 Å². The molecule has 0 spiro atoms. The number of aryl methyl sites for hydroxylation is 1. The van der Waals surface area contributed by atoms with Crippen molar-refractivity contribution in [2.75, 3.05) is 13.2 Å². The molecule has 2 aromatic heterocycles. The molecule has 1 saturated heterocycles. The Balaban J connectivity index is 2.08. The Morgan fingerprint density at radius 3 is 3.00 bits per heavy atom. The van der Waals surface area contributed by atoms with Crippen LogP contribution in [0.5, 0.6) is 0 Å². The highest BCUT2D eigenvalue weighted by Crippen LogP contribution is 2.28. The quantitative estimate of drug-likeness (QED) is 0.796. The lowest BCUT2D eigenvalue weighted by Gasteiger charge is -2.22. The molecule has 4 heteroatoms. The summed E-state index contributed by atoms with van der Waals surface area (Å²) in [5.41, 5.74) is 2.02. The van der Waals surface area contributed by atoms with Gasteiger partial charge in [0, 0.05) is 31.9 Å². The molecule has 0 radical (unpaired) electrons. The van der Waals surface area contributed by atoms with Crippen LogP contribution in [0, 0.1) is 0 Å². The van der Waals surface area contributed by atoms with Crippen LogP contribution in [0.15, 0.2) is 18.3 Å². The lowest BCUT2D eigenvalue weighted by atomic mass is 9.99. The van der Waals surface area contributed by atoms with Crippen LogP contribution >= 0.6 is 0 Å². The van der Waals surface area contributed by atoms with Crippen molar-refractivity contribution in [1.29, 1.82) is 0 Å². The van der Waals surface area contributed by atoms with E-state index in [9.17, 15) is 0 Å². The zero-order valence-corrected chi connectivity index (χ0v) is 10.1. The molecule has 1 fully saturated rings. The van der Waals surface area contributed by atoms with Gasteiger partial charge in [0.25, 0.3) is 0 Å². The first kappa shape index (κ1) is 10.7. The van der Waals surface area contributed by atoms with E-state index in [1.807, 2.05) is 18.3 Å². The minimum atomic E-state index is 0.526. The summed E-state index contributed by atoms with van der Waals surface area (Å²) >= 11 is 0. The van der Waals surface area contributed by atoms with Gasteiger partial charge in [0.05, 0.1) is 0 Å². The molecular weight excluding hydrogens is 214 g/mol. The van der Waals surface area contributed by atoms with Gasteiger partial charge in [-0.05, 0) is 31.9 Å². The summed E-state index contributed by atoms with van der Waals surface area (Å²) < 4.78 is 7.66. The summed E-state index contributed by atoms with van der Waals surface area (Å²) in [5, 5.41) is 0. The lowest BCUT2D eigenvalue weighted by molar-refractivity contribution is 0.0829. The van der Waals surface area contributed by atoms with Crippen LogP contribution in [-0.2, 0) is 11.3 Å². The maximum absolute atomic E-state index is 5.42. The fourth-order valence-electron chi connectivity index (χ4n) is 2.56. The number of hydrogen-bond donors (Lipinski definition) is 0. The van der Waals surface area contributed by atoms with E-state index in [1.165, 1.54) is 5.82 Å². The van der Waals surface area contributed by atoms with Gasteiger partial charge < -0.3 is 9.30 Å². The summed E-state index contributed by atoms with van der Waals surface area (Å²) in [6.45, 7) is 4.79. The minimum absolute atomic E-state index is 0.526. The topological polar surface area (TPSA) is 39.9 Å². The second-order valence-electron chi connectivity index (χ2n) is 4.45. The molecule has 4 nitrogen and oxygen atoms in total. The van der Waals surface area contributed by atoms with Gasteiger partial charge in [-0.2, -0.15) is 0 Å². The fourth-order valence-corrected chi connectivity index (χ4v) is 2.56. The number of nitrogens with zero attached hydrogens (tertiary/aromatic N) is 3. The fraction of sp³-hybridized carbons (Fsp3) is 0.538. The maximum Gasteiger partial charge on any atom is 0.159 e. The van der Waals surface area contributed by atoms with Crippen LogP contribution in [0.4, 0.5) is 0 Å². The van der Waals surface area contributed by atoms with Crippen molar-refractivity contribution >= 4 is 11.2 Å². The molecule has 3 rings (SSSR count).